The second kappa shape index (κ2) is 7.97. The van der Waals surface area contributed by atoms with E-state index in [1.807, 2.05) is 32.0 Å². The number of aliphatic hydroxyl groups excluding tert-OH is 1. The quantitative estimate of drug-likeness (QED) is 0.687. The van der Waals surface area contributed by atoms with Gasteiger partial charge in [-0.25, -0.2) is 0 Å². The van der Waals surface area contributed by atoms with Crippen LogP contribution in [0.25, 0.3) is 0 Å². The van der Waals surface area contributed by atoms with E-state index in [1.54, 1.807) is 6.07 Å². The monoisotopic (exact) mass is 299 g/mol. The molecule has 0 bridgehead atoms. The molecule has 0 heterocycles. The number of aliphatic hydroxyl groups is 1. The van der Waals surface area contributed by atoms with Gasteiger partial charge in [0.2, 0.25) is 0 Å². The number of aromatic hydroxyl groups is 1. The molecule has 0 amide bonds. The van der Waals surface area contributed by atoms with Crippen molar-refractivity contribution in [1.29, 1.82) is 0 Å². The van der Waals surface area contributed by atoms with Gasteiger partial charge in [-0.2, -0.15) is 0 Å². The molecule has 0 unspecified atom stereocenters. The van der Waals surface area contributed by atoms with Crippen molar-refractivity contribution in [3.8, 4) is 5.75 Å². The van der Waals surface area contributed by atoms with Crippen LogP contribution in [0.4, 0.5) is 0 Å². The van der Waals surface area contributed by atoms with Gasteiger partial charge in [0, 0.05) is 6.04 Å². The van der Waals surface area contributed by atoms with Gasteiger partial charge < -0.3 is 15.5 Å². The summed E-state index contributed by atoms with van der Waals surface area (Å²) in [5, 5.41) is 23.4. The first-order valence-electron chi connectivity index (χ1n) is 7.83. The largest absolute Gasteiger partial charge is 0.508 e. The summed E-state index contributed by atoms with van der Waals surface area (Å²) in [6.45, 7) is 4.66. The van der Waals surface area contributed by atoms with Crippen molar-refractivity contribution in [1.82, 2.24) is 5.32 Å². The third-order valence-electron chi connectivity index (χ3n) is 4.00. The Morgan fingerprint density at radius 3 is 2.50 bits per heavy atom. The van der Waals surface area contributed by atoms with Gasteiger partial charge in [-0.05, 0) is 56.0 Å². The van der Waals surface area contributed by atoms with E-state index >= 15 is 0 Å². The molecule has 2 aromatic carbocycles. The molecule has 0 radical (unpaired) electrons. The second-order valence-corrected chi connectivity index (χ2v) is 5.82. The lowest BCUT2D eigenvalue weighted by atomic mass is 10.0. The van der Waals surface area contributed by atoms with Gasteiger partial charge in [-0.1, -0.05) is 42.5 Å². The molecule has 2 atom stereocenters. The molecular formula is C19H25NO2. The summed E-state index contributed by atoms with van der Waals surface area (Å²) in [7, 11) is 0. The van der Waals surface area contributed by atoms with E-state index in [0.717, 1.165) is 30.5 Å². The molecule has 0 fully saturated rings. The van der Waals surface area contributed by atoms with Crippen LogP contribution in [-0.4, -0.2) is 22.8 Å². The Labute approximate surface area is 132 Å². The molecule has 0 aromatic heterocycles. The first-order valence-corrected chi connectivity index (χ1v) is 7.83. The van der Waals surface area contributed by atoms with E-state index in [4.69, 9.17) is 0 Å². The Bertz CT molecular complexity index is 583. The maximum Gasteiger partial charge on any atom is 0.118 e. The molecule has 0 aliphatic heterocycles. The maximum atomic E-state index is 10.3. The van der Waals surface area contributed by atoms with Gasteiger partial charge in [-0.15, -0.1) is 0 Å². The highest BCUT2D eigenvalue weighted by molar-refractivity contribution is 5.36. The molecule has 118 valence electrons. The van der Waals surface area contributed by atoms with Gasteiger partial charge in [0.15, 0.2) is 0 Å². The van der Waals surface area contributed by atoms with Crippen LogP contribution >= 0.6 is 0 Å². The van der Waals surface area contributed by atoms with Crippen LogP contribution in [0.1, 0.15) is 36.1 Å². The van der Waals surface area contributed by atoms with E-state index < -0.39 is 6.10 Å². The molecule has 2 rings (SSSR count). The Morgan fingerprint density at radius 1 is 1.09 bits per heavy atom. The average molecular weight is 299 g/mol. The fourth-order valence-electron chi connectivity index (χ4n) is 2.48. The number of hydrogen-bond donors (Lipinski definition) is 3. The van der Waals surface area contributed by atoms with Gasteiger partial charge in [0.05, 0.1) is 6.10 Å². The minimum atomic E-state index is -0.622. The zero-order chi connectivity index (χ0) is 15.9. The lowest BCUT2D eigenvalue weighted by Crippen LogP contribution is -2.33. The van der Waals surface area contributed by atoms with Crippen LogP contribution in [0.2, 0.25) is 0 Å². The topological polar surface area (TPSA) is 52.5 Å². The maximum absolute atomic E-state index is 10.3. The zero-order valence-corrected chi connectivity index (χ0v) is 13.3. The van der Waals surface area contributed by atoms with E-state index in [9.17, 15) is 10.2 Å². The summed E-state index contributed by atoms with van der Waals surface area (Å²) < 4.78 is 0. The third kappa shape index (κ3) is 4.58. The first kappa shape index (κ1) is 16.5. The number of benzene rings is 2. The fraction of sp³-hybridized carbons (Fsp3) is 0.368. The second-order valence-electron chi connectivity index (χ2n) is 5.82. The smallest absolute Gasteiger partial charge is 0.118 e. The lowest BCUT2D eigenvalue weighted by Gasteiger charge is -2.21. The van der Waals surface area contributed by atoms with Gasteiger partial charge in [0.25, 0.3) is 0 Å². The summed E-state index contributed by atoms with van der Waals surface area (Å²) in [6.07, 6.45) is 1.44. The van der Waals surface area contributed by atoms with Crippen LogP contribution in [-0.2, 0) is 6.42 Å². The van der Waals surface area contributed by atoms with Crippen molar-refractivity contribution >= 4 is 0 Å². The van der Waals surface area contributed by atoms with E-state index in [0.29, 0.717) is 0 Å². The molecular weight excluding hydrogens is 274 g/mol. The summed E-state index contributed by atoms with van der Waals surface area (Å²) >= 11 is 0. The molecule has 22 heavy (non-hydrogen) atoms. The van der Waals surface area contributed by atoms with Crippen LogP contribution in [0, 0.1) is 6.92 Å². The molecule has 0 saturated carbocycles. The first-order chi connectivity index (χ1) is 10.6. The highest BCUT2D eigenvalue weighted by Crippen LogP contribution is 2.24. The number of nitrogens with one attached hydrogen (secondary N) is 1. The zero-order valence-electron chi connectivity index (χ0n) is 13.3. The standard InChI is InChI=1S/C19H25NO2/c1-14-10-11-17(13-18(14)21)19(22)15(2)20-12-6-9-16-7-4-3-5-8-16/h3-5,7-8,10-11,13,15,19-22H,6,9,12H2,1-2H3/t15-,19+/m1/s1. The fourth-order valence-corrected chi connectivity index (χ4v) is 2.48. The van der Waals surface area contributed by atoms with Crippen molar-refractivity contribution < 1.29 is 10.2 Å². The molecule has 3 heteroatoms. The molecule has 0 spiro atoms. The van der Waals surface area contributed by atoms with E-state index in [-0.39, 0.29) is 11.8 Å². The SMILES string of the molecule is Cc1ccc([C@@H](O)[C@@H](C)NCCCc2ccccc2)cc1O. The predicted octanol–water partition coefficient (Wildman–Crippen LogP) is 3.34. The average Bonchev–Trinajstić information content (AvgIpc) is 2.54. The van der Waals surface area contributed by atoms with Crippen LogP contribution in [0.3, 0.4) is 0 Å². The minimum Gasteiger partial charge on any atom is -0.508 e. The number of aryl methyl sites for hydroxylation is 2. The predicted molar refractivity (Wildman–Crippen MR) is 90.0 cm³/mol. The van der Waals surface area contributed by atoms with Crippen molar-refractivity contribution in [2.45, 2.75) is 38.8 Å². The van der Waals surface area contributed by atoms with Crippen LogP contribution in [0.15, 0.2) is 48.5 Å². The summed E-state index contributed by atoms with van der Waals surface area (Å²) in [5.74, 6) is 0.229. The summed E-state index contributed by atoms with van der Waals surface area (Å²) in [6, 6.07) is 15.7. The van der Waals surface area contributed by atoms with Gasteiger partial charge in [0.1, 0.15) is 5.75 Å². The molecule has 2 aromatic rings. The molecule has 0 aliphatic carbocycles. The van der Waals surface area contributed by atoms with Gasteiger partial charge in [-0.3, -0.25) is 0 Å². The third-order valence-corrected chi connectivity index (χ3v) is 4.00. The van der Waals surface area contributed by atoms with Crippen LogP contribution < -0.4 is 5.32 Å². The summed E-state index contributed by atoms with van der Waals surface area (Å²) in [4.78, 5) is 0. The van der Waals surface area contributed by atoms with Gasteiger partial charge >= 0.3 is 0 Å². The highest BCUT2D eigenvalue weighted by atomic mass is 16.3. The molecule has 0 aliphatic rings. The summed E-state index contributed by atoms with van der Waals surface area (Å²) in [5.41, 5.74) is 2.89. The Kier molecular flexibility index (Phi) is 5.99. The number of phenolic OH excluding ortho intramolecular Hbond substituents is 1. The lowest BCUT2D eigenvalue weighted by molar-refractivity contribution is 0.136. The van der Waals surface area contributed by atoms with Crippen molar-refractivity contribution in [3.05, 3.63) is 65.2 Å². The molecule has 0 saturated heterocycles. The minimum absolute atomic E-state index is 0.0575. The highest BCUT2D eigenvalue weighted by Gasteiger charge is 2.16. The Hall–Kier alpha value is -1.84. The molecule has 3 N–H and O–H groups in total. The van der Waals surface area contributed by atoms with Crippen molar-refractivity contribution in [2.24, 2.45) is 0 Å². The van der Waals surface area contributed by atoms with Crippen molar-refractivity contribution in [2.75, 3.05) is 6.54 Å². The van der Waals surface area contributed by atoms with Crippen LogP contribution in [0.5, 0.6) is 5.75 Å². The Balaban J connectivity index is 1.78. The Morgan fingerprint density at radius 2 is 1.82 bits per heavy atom. The van der Waals surface area contributed by atoms with E-state index in [2.05, 4.69) is 29.6 Å². The molecule has 3 nitrogen and oxygen atoms in total. The van der Waals surface area contributed by atoms with Crippen molar-refractivity contribution in [3.63, 3.8) is 0 Å². The van der Waals surface area contributed by atoms with E-state index in [1.165, 1.54) is 5.56 Å². The number of phenols is 1. The normalized spacial score (nSPS) is 13.8. The number of hydrogen-bond acceptors (Lipinski definition) is 3. The number of rotatable bonds is 7.